The molecule has 0 spiro atoms. The van der Waals surface area contributed by atoms with Gasteiger partial charge in [0.2, 0.25) is 0 Å². The molecule has 2 rings (SSSR count). The first-order valence-corrected chi connectivity index (χ1v) is 7.09. The highest BCUT2D eigenvalue weighted by Gasteiger charge is 2.25. The molecule has 8 nitrogen and oxygen atoms in total. The third-order valence-electron chi connectivity index (χ3n) is 3.12. The van der Waals surface area contributed by atoms with Crippen LogP contribution >= 0.6 is 11.6 Å². The van der Waals surface area contributed by atoms with Gasteiger partial charge in [-0.1, -0.05) is 32.4 Å². The van der Waals surface area contributed by atoms with Crippen LogP contribution < -0.4 is 11.2 Å². The number of aromatic nitrogens is 2. The van der Waals surface area contributed by atoms with Crippen LogP contribution in [0.4, 0.5) is 11.5 Å². The normalized spacial score (nSPS) is 11.3. The molecule has 2 aromatic rings. The average Bonchev–Trinajstić information content (AvgIpc) is 2.75. The zero-order valence-electron chi connectivity index (χ0n) is 12.8. The van der Waals surface area contributed by atoms with Gasteiger partial charge in [-0.3, -0.25) is 14.9 Å². The van der Waals surface area contributed by atoms with E-state index in [9.17, 15) is 14.9 Å². The van der Waals surface area contributed by atoms with Gasteiger partial charge in [0.15, 0.2) is 5.82 Å². The van der Waals surface area contributed by atoms with E-state index in [-0.39, 0.29) is 27.5 Å². The monoisotopic (exact) mass is 337 g/mol. The lowest BCUT2D eigenvalue weighted by Gasteiger charge is -2.15. The highest BCUT2D eigenvalue weighted by atomic mass is 35.5. The summed E-state index contributed by atoms with van der Waals surface area (Å²) in [4.78, 5) is 23.4. The van der Waals surface area contributed by atoms with Crippen molar-refractivity contribution in [2.75, 3.05) is 11.2 Å². The van der Waals surface area contributed by atoms with Crippen LogP contribution in [0.15, 0.2) is 24.3 Å². The molecule has 0 fully saturated rings. The van der Waals surface area contributed by atoms with Crippen molar-refractivity contribution < 1.29 is 9.72 Å². The number of hydrogen-bond acceptors (Lipinski definition) is 5. The predicted molar refractivity (Wildman–Crippen MR) is 87.1 cm³/mol. The van der Waals surface area contributed by atoms with Gasteiger partial charge < -0.3 is 5.73 Å². The number of nitrogens with one attached hydrogen (secondary N) is 1. The number of nitrogens with two attached hydrogens (primary N) is 1. The van der Waals surface area contributed by atoms with Gasteiger partial charge >= 0.3 is 0 Å². The average molecular weight is 338 g/mol. The first-order valence-electron chi connectivity index (χ1n) is 6.71. The zero-order valence-corrected chi connectivity index (χ0v) is 13.6. The minimum absolute atomic E-state index is 0.0989. The van der Waals surface area contributed by atoms with Gasteiger partial charge in [0, 0.05) is 23.1 Å². The topological polar surface area (TPSA) is 116 Å². The molecule has 0 aliphatic rings. The fourth-order valence-corrected chi connectivity index (χ4v) is 2.27. The maximum Gasteiger partial charge on any atom is 0.271 e. The summed E-state index contributed by atoms with van der Waals surface area (Å²) >= 11 is 6.15. The fraction of sp³-hybridized carbons (Fsp3) is 0.286. The number of nitrogen functional groups attached to an aromatic ring is 1. The van der Waals surface area contributed by atoms with E-state index in [1.807, 2.05) is 20.8 Å². The Labute approximate surface area is 137 Å². The van der Waals surface area contributed by atoms with Gasteiger partial charge in [-0.05, 0) is 12.1 Å². The molecular weight excluding hydrogens is 322 g/mol. The molecule has 1 heterocycles. The molecule has 0 unspecified atom stereocenters. The van der Waals surface area contributed by atoms with Gasteiger partial charge in [0.25, 0.3) is 11.6 Å². The lowest BCUT2D eigenvalue weighted by atomic mass is 9.92. The third kappa shape index (κ3) is 3.42. The summed E-state index contributed by atoms with van der Waals surface area (Å²) < 4.78 is 0. The molecule has 1 aromatic carbocycles. The van der Waals surface area contributed by atoms with E-state index < -0.39 is 10.8 Å². The molecule has 122 valence electrons. The van der Waals surface area contributed by atoms with E-state index >= 15 is 0 Å². The molecule has 0 radical (unpaired) electrons. The minimum Gasteiger partial charge on any atom is -0.381 e. The molecule has 9 heteroatoms. The fourth-order valence-electron chi connectivity index (χ4n) is 1.87. The smallest absolute Gasteiger partial charge is 0.271 e. The molecule has 3 N–H and O–H groups in total. The summed E-state index contributed by atoms with van der Waals surface area (Å²) in [5.41, 5.74) is 8.70. The van der Waals surface area contributed by atoms with Crippen molar-refractivity contribution in [1.82, 2.24) is 9.89 Å². The molecule has 0 saturated heterocycles. The van der Waals surface area contributed by atoms with Crippen LogP contribution in [0.2, 0.25) is 5.02 Å². The second kappa shape index (κ2) is 5.88. The number of nitro groups is 1. The van der Waals surface area contributed by atoms with Crippen LogP contribution in [0.3, 0.4) is 0 Å². The van der Waals surface area contributed by atoms with Crippen molar-refractivity contribution in [3.05, 3.63) is 50.7 Å². The molecular formula is C14H16ClN5O3. The first kappa shape index (κ1) is 16.8. The minimum atomic E-state index is -0.539. The number of carbonyl (C=O) groups is 1. The maximum absolute atomic E-state index is 12.2. The Morgan fingerprint density at radius 2 is 1.91 bits per heavy atom. The summed E-state index contributed by atoms with van der Waals surface area (Å²) in [6.07, 6.45) is 0. The number of benzene rings is 1. The summed E-state index contributed by atoms with van der Waals surface area (Å²) in [6, 6.07) is 5.18. The van der Waals surface area contributed by atoms with Crippen LogP contribution in [-0.2, 0) is 5.41 Å². The van der Waals surface area contributed by atoms with Gasteiger partial charge in [0.1, 0.15) is 5.02 Å². The molecule has 0 atom stereocenters. The SMILES string of the molecule is CC(C)(C)c1nn(NC(=O)c2ccc([N+](=O)[O-])cc2)c(N)c1Cl. The van der Waals surface area contributed by atoms with Gasteiger partial charge in [-0.15, -0.1) is 0 Å². The number of hydrogen-bond donors (Lipinski definition) is 2. The largest absolute Gasteiger partial charge is 0.381 e. The lowest BCUT2D eigenvalue weighted by Crippen LogP contribution is -2.26. The molecule has 0 aliphatic heterocycles. The molecule has 0 saturated carbocycles. The maximum atomic E-state index is 12.2. The standard InChI is InChI=1S/C14H16ClN5O3/c1-14(2,3)11-10(15)12(16)19(17-11)18-13(21)8-4-6-9(7-5-8)20(22)23/h4-7H,16H2,1-3H3,(H,18,21). The Hall–Kier alpha value is -2.61. The summed E-state index contributed by atoms with van der Waals surface area (Å²) in [5, 5.41) is 15.1. The van der Waals surface area contributed by atoms with Crippen molar-refractivity contribution in [2.45, 2.75) is 26.2 Å². The summed E-state index contributed by atoms with van der Waals surface area (Å²) in [6.45, 7) is 5.76. The van der Waals surface area contributed by atoms with E-state index in [1.165, 1.54) is 24.3 Å². The number of halogens is 1. The molecule has 23 heavy (non-hydrogen) atoms. The number of carbonyl (C=O) groups excluding carboxylic acids is 1. The Morgan fingerprint density at radius 1 is 1.35 bits per heavy atom. The summed E-state index contributed by atoms with van der Waals surface area (Å²) in [5.74, 6) is -0.391. The van der Waals surface area contributed by atoms with Crippen LogP contribution in [0, 0.1) is 10.1 Å². The zero-order chi connectivity index (χ0) is 17.4. The Kier molecular flexibility index (Phi) is 4.28. The van der Waals surface area contributed by atoms with Gasteiger partial charge in [0.05, 0.1) is 10.6 Å². The highest BCUT2D eigenvalue weighted by Crippen LogP contribution is 2.32. The van der Waals surface area contributed by atoms with Gasteiger partial charge in [-0.2, -0.15) is 9.89 Å². The first-order chi connectivity index (χ1) is 10.6. The van der Waals surface area contributed by atoms with Crippen LogP contribution in [0.25, 0.3) is 0 Å². The van der Waals surface area contributed by atoms with Crippen LogP contribution in [0.1, 0.15) is 36.8 Å². The number of non-ortho nitro benzene ring substituents is 1. The molecule has 0 aliphatic carbocycles. The molecule has 1 aromatic heterocycles. The summed E-state index contributed by atoms with van der Waals surface area (Å²) in [7, 11) is 0. The van der Waals surface area contributed by atoms with Crippen molar-refractivity contribution >= 4 is 29.0 Å². The van der Waals surface area contributed by atoms with Crippen molar-refractivity contribution in [3.63, 3.8) is 0 Å². The number of nitrogens with zero attached hydrogens (tertiary/aromatic N) is 3. The quantitative estimate of drug-likeness (QED) is 0.659. The number of nitro benzene ring substituents is 1. The second-order valence-corrected chi connectivity index (χ2v) is 6.33. The van der Waals surface area contributed by atoms with Crippen LogP contribution in [0.5, 0.6) is 0 Å². The van der Waals surface area contributed by atoms with E-state index in [1.54, 1.807) is 0 Å². The molecule has 0 bridgehead atoms. The van der Waals surface area contributed by atoms with Crippen molar-refractivity contribution in [3.8, 4) is 0 Å². The van der Waals surface area contributed by atoms with E-state index in [0.29, 0.717) is 5.69 Å². The highest BCUT2D eigenvalue weighted by molar-refractivity contribution is 6.33. The number of anilines is 1. The van der Waals surface area contributed by atoms with Crippen LogP contribution in [-0.4, -0.2) is 20.7 Å². The van der Waals surface area contributed by atoms with E-state index in [0.717, 1.165) is 4.79 Å². The van der Waals surface area contributed by atoms with Crippen molar-refractivity contribution in [2.24, 2.45) is 0 Å². The van der Waals surface area contributed by atoms with Gasteiger partial charge in [-0.25, -0.2) is 5.43 Å². The van der Waals surface area contributed by atoms with Crippen molar-refractivity contribution in [1.29, 1.82) is 0 Å². The molecule has 1 amide bonds. The number of amides is 1. The second-order valence-electron chi connectivity index (χ2n) is 5.95. The predicted octanol–water partition coefficient (Wildman–Crippen LogP) is 2.71. The van der Waals surface area contributed by atoms with E-state index in [2.05, 4.69) is 10.5 Å². The Balaban J connectivity index is 2.25. The Bertz CT molecular complexity index is 762. The number of rotatable bonds is 3. The van der Waals surface area contributed by atoms with E-state index in [4.69, 9.17) is 17.3 Å². The lowest BCUT2D eigenvalue weighted by molar-refractivity contribution is -0.384. The third-order valence-corrected chi connectivity index (χ3v) is 3.49. The Morgan fingerprint density at radius 3 is 2.35 bits per heavy atom.